The number of aromatic nitrogens is 4. The molecule has 0 bridgehead atoms. The summed E-state index contributed by atoms with van der Waals surface area (Å²) in [4.78, 5) is 32.0. The van der Waals surface area contributed by atoms with Gasteiger partial charge in [-0.3, -0.25) is 14.8 Å². The molecule has 0 saturated heterocycles. The van der Waals surface area contributed by atoms with Crippen molar-refractivity contribution in [2.45, 2.75) is 25.7 Å². The third-order valence-corrected chi connectivity index (χ3v) is 4.46. The maximum absolute atomic E-state index is 12.2. The summed E-state index contributed by atoms with van der Waals surface area (Å²) in [5.74, 6) is 0.281. The normalized spacial score (nSPS) is 13.6. The van der Waals surface area contributed by atoms with Crippen molar-refractivity contribution >= 4 is 6.20 Å². The minimum atomic E-state index is -0.539. The molecule has 0 radical (unpaired) electrons. The Labute approximate surface area is 166 Å². The van der Waals surface area contributed by atoms with Gasteiger partial charge < -0.3 is 4.98 Å². The van der Waals surface area contributed by atoms with Gasteiger partial charge in [0.1, 0.15) is 5.82 Å². The summed E-state index contributed by atoms with van der Waals surface area (Å²) in [6, 6.07) is 8.36. The number of nitrogens with one attached hydrogen (secondary N) is 2. The van der Waals surface area contributed by atoms with Crippen LogP contribution in [-0.4, -0.2) is 26.8 Å². The largest absolute Gasteiger partial charge is 0.325 e. The molecule has 4 rings (SSSR count). The second-order valence-electron chi connectivity index (χ2n) is 6.72. The van der Waals surface area contributed by atoms with Crippen LogP contribution in [0.1, 0.15) is 29.9 Å². The average molecular weight is 395 g/mol. The van der Waals surface area contributed by atoms with Gasteiger partial charge in [0.25, 0.3) is 5.56 Å². The third-order valence-electron chi connectivity index (χ3n) is 4.46. The maximum atomic E-state index is 12.2. The van der Waals surface area contributed by atoms with Crippen LogP contribution in [0, 0.1) is 12.7 Å². The lowest BCUT2D eigenvalue weighted by atomic mass is 10.1. The van der Waals surface area contributed by atoms with Gasteiger partial charge in [0.15, 0.2) is 5.49 Å². The summed E-state index contributed by atoms with van der Waals surface area (Å²) in [7, 11) is 1.70. The average Bonchev–Trinajstić information content (AvgIpc) is 3.52. The van der Waals surface area contributed by atoms with Gasteiger partial charge in [-0.2, -0.15) is 5.10 Å². The van der Waals surface area contributed by atoms with Crippen molar-refractivity contribution in [3.63, 3.8) is 0 Å². The van der Waals surface area contributed by atoms with E-state index in [0.717, 1.165) is 29.5 Å². The second-order valence-corrected chi connectivity index (χ2v) is 6.72. The van der Waals surface area contributed by atoms with Crippen LogP contribution in [0.25, 0.3) is 17.5 Å². The lowest BCUT2D eigenvalue weighted by Gasteiger charge is -2.09. The standard InChI is InChI=1S/C14H15N5O2.C7H7F/c1-3-19-12(15-2)9(8-4-5-8)6-11(18-19)10-7-16-14(21)17-13(10)20;1-6-3-2-4-7(8)5-6/h3,6-8H,1,4-5H2,2H3,(H2,16,17,20,21);2-5H,1H3. The van der Waals surface area contributed by atoms with Gasteiger partial charge in [-0.15, -0.1) is 0 Å². The number of benzene rings is 1. The Morgan fingerprint density at radius 3 is 2.59 bits per heavy atom. The lowest BCUT2D eigenvalue weighted by molar-refractivity contribution is 0.626. The van der Waals surface area contributed by atoms with Gasteiger partial charge in [0.2, 0.25) is 0 Å². The zero-order valence-electron chi connectivity index (χ0n) is 16.3. The molecule has 29 heavy (non-hydrogen) atoms. The number of nitrogens with zero attached hydrogens (tertiary/aromatic N) is 3. The Hall–Kier alpha value is -3.55. The summed E-state index contributed by atoms with van der Waals surface area (Å²) < 4.78 is 13.7. The summed E-state index contributed by atoms with van der Waals surface area (Å²) in [5.41, 5.74) is 2.55. The molecule has 0 aliphatic heterocycles. The molecule has 8 heteroatoms. The topological polar surface area (TPSA) is 95.9 Å². The zero-order valence-corrected chi connectivity index (χ0v) is 16.3. The number of halogens is 1. The van der Waals surface area contributed by atoms with E-state index in [-0.39, 0.29) is 5.82 Å². The lowest BCUT2D eigenvalue weighted by Crippen LogP contribution is -2.27. The van der Waals surface area contributed by atoms with Crippen molar-refractivity contribution in [3.05, 3.63) is 86.4 Å². The molecule has 3 aromatic rings. The first-order chi connectivity index (χ1) is 13.9. The van der Waals surface area contributed by atoms with Crippen molar-refractivity contribution in [1.82, 2.24) is 19.7 Å². The number of aryl methyl sites for hydroxylation is 1. The van der Waals surface area contributed by atoms with E-state index in [1.165, 1.54) is 18.3 Å². The highest BCUT2D eigenvalue weighted by atomic mass is 19.1. The Morgan fingerprint density at radius 1 is 1.31 bits per heavy atom. The number of rotatable bonds is 3. The zero-order chi connectivity index (χ0) is 21.0. The van der Waals surface area contributed by atoms with Crippen LogP contribution in [0.5, 0.6) is 0 Å². The highest BCUT2D eigenvalue weighted by molar-refractivity contribution is 5.57. The van der Waals surface area contributed by atoms with E-state index in [4.69, 9.17) is 0 Å². The molecule has 1 aliphatic rings. The van der Waals surface area contributed by atoms with Crippen LogP contribution in [0.3, 0.4) is 0 Å². The Kier molecular flexibility index (Phi) is 6.01. The molecule has 2 aromatic heterocycles. The van der Waals surface area contributed by atoms with E-state index in [9.17, 15) is 14.0 Å². The predicted molar refractivity (Wildman–Crippen MR) is 110 cm³/mol. The van der Waals surface area contributed by atoms with Crippen molar-refractivity contribution in [2.24, 2.45) is 4.99 Å². The summed E-state index contributed by atoms with van der Waals surface area (Å²) in [5, 5.41) is 4.36. The fraction of sp³-hybridized carbons (Fsp3) is 0.238. The Morgan fingerprint density at radius 2 is 2.07 bits per heavy atom. The van der Waals surface area contributed by atoms with Gasteiger partial charge in [-0.05, 0) is 49.4 Å². The molecular weight excluding hydrogens is 373 g/mol. The monoisotopic (exact) mass is 395 g/mol. The first kappa shape index (κ1) is 20.2. The highest BCUT2D eigenvalue weighted by Gasteiger charge is 2.27. The second kappa shape index (κ2) is 8.64. The Balaban J connectivity index is 0.000000252. The first-order valence-corrected chi connectivity index (χ1v) is 9.16. The van der Waals surface area contributed by atoms with Crippen LogP contribution in [0.2, 0.25) is 0 Å². The molecule has 7 nitrogen and oxygen atoms in total. The van der Waals surface area contributed by atoms with Crippen LogP contribution in [-0.2, 0) is 0 Å². The number of H-pyrrole nitrogens is 2. The van der Waals surface area contributed by atoms with Crippen LogP contribution in [0.15, 0.2) is 57.7 Å². The number of hydrogen-bond donors (Lipinski definition) is 2. The van der Waals surface area contributed by atoms with E-state index in [2.05, 4.69) is 26.6 Å². The molecule has 1 saturated carbocycles. The molecule has 0 unspecified atom stereocenters. The molecule has 2 heterocycles. The van der Waals surface area contributed by atoms with Gasteiger partial charge in [-0.1, -0.05) is 18.7 Å². The van der Waals surface area contributed by atoms with E-state index >= 15 is 0 Å². The van der Waals surface area contributed by atoms with Crippen molar-refractivity contribution in [2.75, 3.05) is 7.05 Å². The Bertz CT molecular complexity index is 1200. The summed E-state index contributed by atoms with van der Waals surface area (Å²) in [6.45, 7) is 5.59. The minimum Gasteiger partial charge on any atom is -0.313 e. The number of hydrogen-bond acceptors (Lipinski definition) is 4. The van der Waals surface area contributed by atoms with Gasteiger partial charge >= 0.3 is 5.69 Å². The molecule has 0 atom stereocenters. The molecular formula is C21H22FN5O2. The molecule has 1 aliphatic carbocycles. The molecule has 0 amide bonds. The third kappa shape index (κ3) is 4.84. The maximum Gasteiger partial charge on any atom is 0.325 e. The first-order valence-electron chi connectivity index (χ1n) is 9.16. The summed E-state index contributed by atoms with van der Waals surface area (Å²) >= 11 is 0. The molecule has 2 N–H and O–H groups in total. The van der Waals surface area contributed by atoms with Gasteiger partial charge in [0.05, 0.1) is 11.3 Å². The smallest absolute Gasteiger partial charge is 0.313 e. The predicted octanol–water partition coefficient (Wildman–Crippen LogP) is 2.57. The van der Waals surface area contributed by atoms with E-state index < -0.39 is 11.2 Å². The van der Waals surface area contributed by atoms with Crippen LogP contribution >= 0.6 is 0 Å². The van der Waals surface area contributed by atoms with E-state index in [1.807, 2.05) is 19.1 Å². The van der Waals surface area contributed by atoms with Gasteiger partial charge in [-0.25, -0.2) is 13.9 Å². The van der Waals surface area contributed by atoms with E-state index in [0.29, 0.717) is 17.2 Å². The van der Waals surface area contributed by atoms with Crippen LogP contribution < -0.4 is 16.7 Å². The molecule has 0 spiro atoms. The highest BCUT2D eigenvalue weighted by Crippen LogP contribution is 2.38. The molecule has 1 aromatic carbocycles. The fourth-order valence-electron chi connectivity index (χ4n) is 2.93. The molecule has 150 valence electrons. The minimum absolute atomic E-state index is 0.162. The van der Waals surface area contributed by atoms with Crippen molar-refractivity contribution in [1.29, 1.82) is 0 Å². The van der Waals surface area contributed by atoms with Crippen molar-refractivity contribution in [3.8, 4) is 11.3 Å². The number of aromatic amines is 2. The van der Waals surface area contributed by atoms with Crippen LogP contribution in [0.4, 0.5) is 4.39 Å². The fourth-order valence-corrected chi connectivity index (χ4v) is 2.93. The molecule has 1 fully saturated rings. The van der Waals surface area contributed by atoms with Crippen molar-refractivity contribution < 1.29 is 4.39 Å². The van der Waals surface area contributed by atoms with Gasteiger partial charge in [0, 0.05) is 25.0 Å². The summed E-state index contributed by atoms with van der Waals surface area (Å²) in [6.07, 6.45) is 5.13. The van der Waals surface area contributed by atoms with E-state index in [1.54, 1.807) is 24.0 Å². The quantitative estimate of drug-likeness (QED) is 0.713. The SMILES string of the molecule is C=Cn1nc(-c2c[nH]c(=O)[nH]c2=O)cc(C2CC2)c1=NC.Cc1cccc(F)c1.